The van der Waals surface area contributed by atoms with Crippen molar-refractivity contribution in [3.63, 3.8) is 0 Å². The third-order valence-corrected chi connectivity index (χ3v) is 3.46. The lowest BCUT2D eigenvalue weighted by Crippen LogP contribution is -1.93. The van der Waals surface area contributed by atoms with Crippen LogP contribution in [0.1, 0.15) is 22.3 Å². The summed E-state index contributed by atoms with van der Waals surface area (Å²) in [6, 6.07) is 0. The van der Waals surface area contributed by atoms with Crippen molar-refractivity contribution in [1.29, 1.82) is 0 Å². The molecule has 1 aromatic carbocycles. The molecule has 0 heterocycles. The van der Waals surface area contributed by atoms with Crippen molar-refractivity contribution in [3.05, 3.63) is 38.9 Å². The van der Waals surface area contributed by atoms with Crippen LogP contribution in [0.4, 0.5) is 0 Å². The highest BCUT2D eigenvalue weighted by Crippen LogP contribution is 2.34. The van der Waals surface area contributed by atoms with Gasteiger partial charge in [-0.15, -0.1) is 0 Å². The number of halogens is 2. The van der Waals surface area contributed by atoms with Gasteiger partial charge in [0, 0.05) is 10.0 Å². The fraction of sp³-hybridized carbons (Fsp3) is 0.273. The second-order valence-corrected chi connectivity index (χ2v) is 3.88. The van der Waals surface area contributed by atoms with Gasteiger partial charge in [-0.3, -0.25) is 0 Å². The molecule has 0 saturated carbocycles. The van der Waals surface area contributed by atoms with Crippen LogP contribution in [0.25, 0.3) is 6.08 Å². The zero-order valence-corrected chi connectivity index (χ0v) is 9.55. The Labute approximate surface area is 89.2 Å². The predicted molar refractivity (Wildman–Crippen MR) is 60.8 cm³/mol. The minimum absolute atomic E-state index is 0.741. The smallest absolute Gasteiger partial charge is 0.0485 e. The molecule has 0 bridgehead atoms. The van der Waals surface area contributed by atoms with E-state index in [0.717, 1.165) is 32.3 Å². The van der Waals surface area contributed by atoms with Crippen molar-refractivity contribution in [2.45, 2.75) is 20.8 Å². The average Bonchev–Trinajstić information content (AvgIpc) is 2.13. The van der Waals surface area contributed by atoms with Gasteiger partial charge in [-0.25, -0.2) is 0 Å². The number of benzene rings is 1. The highest BCUT2D eigenvalue weighted by Gasteiger charge is 2.11. The van der Waals surface area contributed by atoms with E-state index in [0.29, 0.717) is 0 Å². The summed E-state index contributed by atoms with van der Waals surface area (Å²) in [5, 5.41) is 1.48. The zero-order valence-electron chi connectivity index (χ0n) is 8.04. The molecule has 0 amide bonds. The lowest BCUT2D eigenvalue weighted by molar-refractivity contribution is 1.30. The van der Waals surface area contributed by atoms with E-state index >= 15 is 0 Å². The second kappa shape index (κ2) is 3.73. The molecule has 0 aliphatic carbocycles. The second-order valence-electron chi connectivity index (χ2n) is 3.12. The van der Waals surface area contributed by atoms with Crippen molar-refractivity contribution in [2.24, 2.45) is 0 Å². The molecule has 0 N–H and O–H groups in total. The minimum atomic E-state index is 0.741. The normalized spacial score (nSPS) is 10.2. The first-order valence-electron chi connectivity index (χ1n) is 4.07. The maximum absolute atomic E-state index is 6.11. The van der Waals surface area contributed by atoms with E-state index in [1.54, 1.807) is 6.08 Å². The molecule has 0 unspecified atom stereocenters. The van der Waals surface area contributed by atoms with Crippen molar-refractivity contribution in [2.75, 3.05) is 0 Å². The monoisotopic (exact) mass is 214 g/mol. The van der Waals surface area contributed by atoms with Crippen molar-refractivity contribution < 1.29 is 0 Å². The summed E-state index contributed by atoms with van der Waals surface area (Å²) >= 11 is 12.2. The Morgan fingerprint density at radius 3 is 1.62 bits per heavy atom. The first-order chi connectivity index (χ1) is 6.00. The summed E-state index contributed by atoms with van der Waals surface area (Å²) in [7, 11) is 0. The quantitative estimate of drug-likeness (QED) is 0.644. The fourth-order valence-corrected chi connectivity index (χ4v) is 1.92. The number of rotatable bonds is 1. The van der Waals surface area contributed by atoms with E-state index in [1.165, 1.54) is 0 Å². The van der Waals surface area contributed by atoms with Crippen LogP contribution in [0.2, 0.25) is 10.0 Å². The number of hydrogen-bond donors (Lipinski definition) is 0. The van der Waals surface area contributed by atoms with Crippen molar-refractivity contribution in [1.82, 2.24) is 0 Å². The highest BCUT2D eigenvalue weighted by atomic mass is 35.5. The van der Waals surface area contributed by atoms with Crippen LogP contribution in [-0.4, -0.2) is 0 Å². The van der Waals surface area contributed by atoms with Gasteiger partial charge in [0.1, 0.15) is 0 Å². The van der Waals surface area contributed by atoms with Gasteiger partial charge in [0.25, 0.3) is 0 Å². The molecule has 0 spiro atoms. The highest BCUT2D eigenvalue weighted by molar-refractivity contribution is 6.37. The van der Waals surface area contributed by atoms with E-state index in [1.807, 2.05) is 20.8 Å². The van der Waals surface area contributed by atoms with E-state index in [9.17, 15) is 0 Å². The van der Waals surface area contributed by atoms with Gasteiger partial charge in [0.2, 0.25) is 0 Å². The Balaban J connectivity index is 3.66. The van der Waals surface area contributed by atoms with Gasteiger partial charge in [-0.1, -0.05) is 35.9 Å². The summed E-state index contributed by atoms with van der Waals surface area (Å²) in [6.45, 7) is 9.64. The third-order valence-electron chi connectivity index (χ3n) is 2.33. The molecule has 0 nitrogen and oxygen atoms in total. The first kappa shape index (κ1) is 10.6. The molecule has 0 atom stereocenters. The van der Waals surface area contributed by atoms with Crippen LogP contribution in [-0.2, 0) is 0 Å². The molecule has 70 valence electrons. The maximum atomic E-state index is 6.11. The van der Waals surface area contributed by atoms with Crippen molar-refractivity contribution >= 4 is 29.3 Å². The zero-order chi connectivity index (χ0) is 10.2. The summed E-state index contributed by atoms with van der Waals surface area (Å²) in [5.41, 5.74) is 4.09. The molecule has 0 aliphatic rings. The van der Waals surface area contributed by atoms with Crippen LogP contribution >= 0.6 is 23.2 Å². The molecule has 0 aliphatic heterocycles. The van der Waals surface area contributed by atoms with Gasteiger partial charge in [-0.2, -0.15) is 0 Å². The summed E-state index contributed by atoms with van der Waals surface area (Å²) in [5.74, 6) is 0. The lowest BCUT2D eigenvalue weighted by atomic mass is 9.99. The first-order valence-corrected chi connectivity index (χ1v) is 4.83. The largest absolute Gasteiger partial charge is 0.0984 e. The van der Waals surface area contributed by atoms with E-state index in [4.69, 9.17) is 23.2 Å². The van der Waals surface area contributed by atoms with E-state index in [2.05, 4.69) is 6.58 Å². The standard InChI is InChI=1S/C11H12Cl2/c1-5-9-6(2)10(12)8(4)11(13)7(9)3/h5H,1H2,2-4H3. The van der Waals surface area contributed by atoms with Crippen LogP contribution in [0.5, 0.6) is 0 Å². The van der Waals surface area contributed by atoms with Gasteiger partial charge in [0.05, 0.1) is 0 Å². The van der Waals surface area contributed by atoms with Crippen LogP contribution in [0, 0.1) is 20.8 Å². The van der Waals surface area contributed by atoms with E-state index in [-0.39, 0.29) is 0 Å². The summed E-state index contributed by atoms with van der Waals surface area (Å²) in [6.07, 6.45) is 1.79. The summed E-state index contributed by atoms with van der Waals surface area (Å²) < 4.78 is 0. The molecular weight excluding hydrogens is 203 g/mol. The fourth-order valence-electron chi connectivity index (χ4n) is 1.48. The SMILES string of the molecule is C=Cc1c(C)c(Cl)c(C)c(Cl)c1C. The lowest BCUT2D eigenvalue weighted by Gasteiger charge is -2.12. The Kier molecular flexibility index (Phi) is 3.05. The van der Waals surface area contributed by atoms with E-state index < -0.39 is 0 Å². The molecule has 0 radical (unpaired) electrons. The minimum Gasteiger partial charge on any atom is -0.0984 e. The Morgan fingerprint density at radius 1 is 0.923 bits per heavy atom. The Hall–Kier alpha value is -0.460. The van der Waals surface area contributed by atoms with Crippen LogP contribution in [0.3, 0.4) is 0 Å². The Bertz CT molecular complexity index is 336. The third kappa shape index (κ3) is 1.61. The molecule has 0 saturated heterocycles. The molecular formula is C11H12Cl2. The maximum Gasteiger partial charge on any atom is 0.0485 e. The molecule has 1 aromatic rings. The van der Waals surface area contributed by atoms with Gasteiger partial charge in [0.15, 0.2) is 0 Å². The van der Waals surface area contributed by atoms with Gasteiger partial charge in [-0.05, 0) is 43.0 Å². The molecule has 1 rings (SSSR count). The molecule has 0 aromatic heterocycles. The molecule has 0 fully saturated rings. The van der Waals surface area contributed by atoms with Crippen LogP contribution in [0.15, 0.2) is 6.58 Å². The van der Waals surface area contributed by atoms with Gasteiger partial charge >= 0.3 is 0 Å². The number of hydrogen-bond acceptors (Lipinski definition) is 0. The Morgan fingerprint density at radius 2 is 1.31 bits per heavy atom. The van der Waals surface area contributed by atoms with Gasteiger partial charge < -0.3 is 0 Å². The molecule has 13 heavy (non-hydrogen) atoms. The van der Waals surface area contributed by atoms with Crippen molar-refractivity contribution in [3.8, 4) is 0 Å². The summed E-state index contributed by atoms with van der Waals surface area (Å²) in [4.78, 5) is 0. The average molecular weight is 215 g/mol. The van der Waals surface area contributed by atoms with Crippen LogP contribution < -0.4 is 0 Å². The predicted octanol–water partition coefficient (Wildman–Crippen LogP) is 4.56. The molecule has 2 heteroatoms. The topological polar surface area (TPSA) is 0 Å².